The Balaban J connectivity index is 1.69. The molecule has 1 fully saturated rings. The van der Waals surface area contributed by atoms with Crippen molar-refractivity contribution in [3.8, 4) is 11.4 Å². The Morgan fingerprint density at radius 1 is 1.20 bits per heavy atom. The lowest BCUT2D eigenvalue weighted by Crippen LogP contribution is -2.22. The number of nitrogens with zero attached hydrogens (tertiary/aromatic N) is 3. The second-order valence-electron chi connectivity index (χ2n) is 4.85. The Labute approximate surface area is 120 Å². The van der Waals surface area contributed by atoms with Gasteiger partial charge >= 0.3 is 0 Å². The minimum Gasteiger partial charge on any atom is -0.389 e. The van der Waals surface area contributed by atoms with Crippen LogP contribution in [0, 0.1) is 0 Å². The average molecular weight is 296 g/mol. The number of likely N-dealkylation sites (tertiary alicyclic amines) is 1. The number of aromatic nitrogens is 2. The zero-order valence-corrected chi connectivity index (χ0v) is 11.4. The largest absolute Gasteiger partial charge is 0.389 e. The molecule has 1 aromatic heterocycles. The molecule has 6 nitrogen and oxygen atoms in total. The first kappa shape index (κ1) is 13.5. The molecular weight excluding hydrogens is 282 g/mol. The average Bonchev–Trinajstić information content (AvgIpc) is 2.99. The molecule has 1 aromatic carbocycles. The van der Waals surface area contributed by atoms with Crippen molar-refractivity contribution in [2.45, 2.75) is 18.8 Å². The predicted molar refractivity (Wildman–Crippen MR) is 72.0 cm³/mol. The number of hydrogen-bond donors (Lipinski definition) is 2. The molecule has 20 heavy (non-hydrogen) atoms. The monoisotopic (exact) mass is 295 g/mol. The summed E-state index contributed by atoms with van der Waals surface area (Å²) in [6.45, 7) is 1.22. The molecule has 2 heterocycles. The second-order valence-corrected chi connectivity index (χ2v) is 5.28. The van der Waals surface area contributed by atoms with E-state index in [9.17, 15) is 10.2 Å². The second kappa shape index (κ2) is 5.49. The van der Waals surface area contributed by atoms with Gasteiger partial charge in [-0.1, -0.05) is 16.8 Å². The van der Waals surface area contributed by atoms with Gasteiger partial charge in [-0.15, -0.1) is 0 Å². The molecule has 0 saturated carbocycles. The molecule has 0 amide bonds. The van der Waals surface area contributed by atoms with Gasteiger partial charge in [0, 0.05) is 23.7 Å². The van der Waals surface area contributed by atoms with Crippen LogP contribution >= 0.6 is 11.6 Å². The predicted octanol–water partition coefficient (Wildman–Crippen LogP) is 0.927. The van der Waals surface area contributed by atoms with Crippen molar-refractivity contribution in [1.29, 1.82) is 0 Å². The van der Waals surface area contributed by atoms with Gasteiger partial charge in [0.05, 0.1) is 18.8 Å². The molecule has 1 aliphatic heterocycles. The Bertz CT molecular complexity index is 577. The third kappa shape index (κ3) is 2.83. The molecule has 0 spiro atoms. The SMILES string of the molecule is O[C@@H]1CN(Cc2nc(-c3ccc(Cl)cc3)no2)C[C@@H]1O. The number of halogens is 1. The normalized spacial score (nSPS) is 23.4. The van der Waals surface area contributed by atoms with Crippen LogP contribution in [0.5, 0.6) is 0 Å². The molecule has 106 valence electrons. The van der Waals surface area contributed by atoms with E-state index in [2.05, 4.69) is 10.1 Å². The zero-order valence-electron chi connectivity index (χ0n) is 10.6. The number of aliphatic hydroxyl groups excluding tert-OH is 2. The lowest BCUT2D eigenvalue weighted by Gasteiger charge is -2.10. The number of rotatable bonds is 3. The molecule has 2 N–H and O–H groups in total. The number of benzene rings is 1. The molecule has 0 radical (unpaired) electrons. The van der Waals surface area contributed by atoms with E-state index in [-0.39, 0.29) is 0 Å². The Morgan fingerprint density at radius 3 is 2.50 bits per heavy atom. The minimum absolute atomic E-state index is 0.403. The maximum absolute atomic E-state index is 9.48. The van der Waals surface area contributed by atoms with Gasteiger partial charge in [0.1, 0.15) is 0 Å². The first-order valence-corrected chi connectivity index (χ1v) is 6.66. The van der Waals surface area contributed by atoms with Gasteiger partial charge in [0.15, 0.2) is 0 Å². The summed E-state index contributed by atoms with van der Waals surface area (Å²) < 4.78 is 5.18. The van der Waals surface area contributed by atoms with Gasteiger partial charge in [-0.25, -0.2) is 0 Å². The summed E-state index contributed by atoms with van der Waals surface area (Å²) in [5, 5.41) is 23.5. The van der Waals surface area contributed by atoms with Crippen LogP contribution in [0.3, 0.4) is 0 Å². The maximum atomic E-state index is 9.48. The third-order valence-electron chi connectivity index (χ3n) is 3.26. The van der Waals surface area contributed by atoms with E-state index in [1.807, 2.05) is 17.0 Å². The van der Waals surface area contributed by atoms with Crippen molar-refractivity contribution in [2.24, 2.45) is 0 Å². The van der Waals surface area contributed by atoms with Gasteiger partial charge in [-0.2, -0.15) is 4.98 Å². The van der Waals surface area contributed by atoms with Crippen LogP contribution in [0.25, 0.3) is 11.4 Å². The van der Waals surface area contributed by atoms with Gasteiger partial charge in [-0.3, -0.25) is 4.90 Å². The summed E-state index contributed by atoms with van der Waals surface area (Å²) in [4.78, 5) is 6.17. The molecule has 2 aromatic rings. The summed E-state index contributed by atoms with van der Waals surface area (Å²) in [6, 6.07) is 7.17. The molecular formula is C13H14ClN3O3. The highest BCUT2D eigenvalue weighted by Crippen LogP contribution is 2.20. The van der Waals surface area contributed by atoms with Crippen LogP contribution in [-0.2, 0) is 6.54 Å². The summed E-state index contributed by atoms with van der Waals surface area (Å²) in [5.74, 6) is 0.952. The van der Waals surface area contributed by atoms with E-state index < -0.39 is 12.2 Å². The van der Waals surface area contributed by atoms with Crippen LogP contribution in [0.15, 0.2) is 28.8 Å². The first-order chi connectivity index (χ1) is 9.61. The van der Waals surface area contributed by atoms with Crippen molar-refractivity contribution in [3.05, 3.63) is 35.2 Å². The lowest BCUT2D eigenvalue weighted by atomic mass is 10.2. The fourth-order valence-corrected chi connectivity index (χ4v) is 2.33. The molecule has 7 heteroatoms. The summed E-state index contributed by atoms with van der Waals surface area (Å²) in [7, 11) is 0. The van der Waals surface area contributed by atoms with Crippen molar-refractivity contribution in [1.82, 2.24) is 15.0 Å². The van der Waals surface area contributed by atoms with Crippen molar-refractivity contribution >= 4 is 11.6 Å². The molecule has 0 bridgehead atoms. The van der Waals surface area contributed by atoms with E-state index in [1.165, 1.54) is 0 Å². The van der Waals surface area contributed by atoms with Crippen LogP contribution in [0.4, 0.5) is 0 Å². The fourth-order valence-electron chi connectivity index (χ4n) is 2.20. The van der Waals surface area contributed by atoms with Gasteiger partial charge in [-0.05, 0) is 24.3 Å². The molecule has 0 aliphatic carbocycles. The highest BCUT2D eigenvalue weighted by atomic mass is 35.5. The quantitative estimate of drug-likeness (QED) is 0.876. The lowest BCUT2D eigenvalue weighted by molar-refractivity contribution is 0.0572. The van der Waals surface area contributed by atoms with Gasteiger partial charge < -0.3 is 14.7 Å². The smallest absolute Gasteiger partial charge is 0.241 e. The third-order valence-corrected chi connectivity index (χ3v) is 3.52. The fraction of sp³-hybridized carbons (Fsp3) is 0.385. The van der Waals surface area contributed by atoms with Crippen molar-refractivity contribution < 1.29 is 14.7 Å². The maximum Gasteiger partial charge on any atom is 0.241 e. The van der Waals surface area contributed by atoms with Crippen molar-refractivity contribution in [3.63, 3.8) is 0 Å². The zero-order chi connectivity index (χ0) is 14.1. The van der Waals surface area contributed by atoms with E-state index in [0.29, 0.717) is 36.4 Å². The molecule has 1 aliphatic rings. The minimum atomic E-state index is -0.714. The Morgan fingerprint density at radius 2 is 1.85 bits per heavy atom. The molecule has 0 unspecified atom stereocenters. The van der Waals surface area contributed by atoms with Crippen LogP contribution in [-0.4, -0.2) is 50.6 Å². The van der Waals surface area contributed by atoms with E-state index in [1.54, 1.807) is 12.1 Å². The number of β-amino-alcohol motifs (C(OH)–C–C–N with tert-alkyl or cyclic N) is 2. The number of aliphatic hydroxyl groups is 2. The summed E-state index contributed by atoms with van der Waals surface area (Å²) in [5.41, 5.74) is 0.825. The Hall–Kier alpha value is -1.47. The molecule has 2 atom stereocenters. The van der Waals surface area contributed by atoms with E-state index in [0.717, 1.165) is 5.56 Å². The first-order valence-electron chi connectivity index (χ1n) is 6.29. The standard InChI is InChI=1S/C13H14ClN3O3/c14-9-3-1-8(2-4-9)13-15-12(20-16-13)7-17-5-10(18)11(19)6-17/h1-4,10-11,18-19H,5-7H2/t10-,11+. The van der Waals surface area contributed by atoms with Crippen LogP contribution < -0.4 is 0 Å². The van der Waals surface area contributed by atoms with Gasteiger partial charge in [0.25, 0.3) is 0 Å². The van der Waals surface area contributed by atoms with E-state index >= 15 is 0 Å². The highest BCUT2D eigenvalue weighted by molar-refractivity contribution is 6.30. The summed E-state index contributed by atoms with van der Waals surface area (Å²) in [6.07, 6.45) is -1.43. The van der Waals surface area contributed by atoms with Gasteiger partial charge in [0.2, 0.25) is 11.7 Å². The van der Waals surface area contributed by atoms with Crippen LogP contribution in [0.1, 0.15) is 5.89 Å². The van der Waals surface area contributed by atoms with Crippen molar-refractivity contribution in [2.75, 3.05) is 13.1 Å². The summed E-state index contributed by atoms with van der Waals surface area (Å²) >= 11 is 5.83. The number of hydrogen-bond acceptors (Lipinski definition) is 6. The van der Waals surface area contributed by atoms with Crippen LogP contribution in [0.2, 0.25) is 5.02 Å². The molecule has 3 rings (SSSR count). The molecule has 1 saturated heterocycles. The topological polar surface area (TPSA) is 82.6 Å². The highest BCUT2D eigenvalue weighted by Gasteiger charge is 2.30. The van der Waals surface area contributed by atoms with E-state index in [4.69, 9.17) is 16.1 Å². The Kier molecular flexibility index (Phi) is 3.71.